The summed E-state index contributed by atoms with van der Waals surface area (Å²) in [6.07, 6.45) is 3.14. The predicted molar refractivity (Wildman–Crippen MR) is 73.3 cm³/mol. The van der Waals surface area contributed by atoms with Crippen molar-refractivity contribution in [3.05, 3.63) is 23.8 Å². The fourth-order valence-electron chi connectivity index (χ4n) is 1.77. The number of ether oxygens (including phenoxy) is 1. The third-order valence-electron chi connectivity index (χ3n) is 3.24. The summed E-state index contributed by atoms with van der Waals surface area (Å²) in [7, 11) is -4.43. The van der Waals surface area contributed by atoms with Crippen LogP contribution in [0.15, 0.2) is 23.1 Å². The van der Waals surface area contributed by atoms with E-state index in [1.165, 1.54) is 6.07 Å². The normalized spacial score (nSPS) is 13.3. The van der Waals surface area contributed by atoms with Crippen molar-refractivity contribution in [1.82, 2.24) is 0 Å². The molecule has 1 rings (SSSR count). The monoisotopic (exact) mass is 285 g/mol. The largest absolute Gasteiger partial charge is 0.744 e. The van der Waals surface area contributed by atoms with E-state index in [1.807, 2.05) is 0 Å². The van der Waals surface area contributed by atoms with Gasteiger partial charge in [-0.15, -0.1) is 0 Å². The van der Waals surface area contributed by atoms with Crippen LogP contribution in [-0.4, -0.2) is 19.6 Å². The van der Waals surface area contributed by atoms with Crippen LogP contribution in [0.4, 0.5) is 0 Å². The minimum absolute atomic E-state index is 0.202. The molecule has 0 saturated carbocycles. The van der Waals surface area contributed by atoms with Crippen LogP contribution < -0.4 is 4.74 Å². The van der Waals surface area contributed by atoms with Crippen molar-refractivity contribution in [2.24, 2.45) is 5.92 Å². The van der Waals surface area contributed by atoms with Gasteiger partial charge >= 0.3 is 0 Å². The average molecular weight is 285 g/mol. The van der Waals surface area contributed by atoms with Crippen molar-refractivity contribution >= 4 is 10.1 Å². The minimum Gasteiger partial charge on any atom is -0.744 e. The summed E-state index contributed by atoms with van der Waals surface area (Å²) in [5.74, 6) is 1.10. The highest BCUT2D eigenvalue weighted by Crippen LogP contribution is 2.22. The van der Waals surface area contributed by atoms with Crippen molar-refractivity contribution in [3.63, 3.8) is 0 Å². The van der Waals surface area contributed by atoms with Crippen LogP contribution in [0.1, 0.15) is 38.7 Å². The Hall–Kier alpha value is -1.07. The molecule has 0 heterocycles. The molecule has 0 aliphatic rings. The van der Waals surface area contributed by atoms with Crippen LogP contribution in [0.5, 0.6) is 5.75 Å². The fourth-order valence-corrected chi connectivity index (χ4v) is 2.49. The molecule has 0 unspecified atom stereocenters. The van der Waals surface area contributed by atoms with Gasteiger partial charge in [-0.05, 0) is 43.4 Å². The molecular weight excluding hydrogens is 264 g/mol. The Labute approximate surface area is 115 Å². The SMILES string of the molecule is CC[C@H](C)CCCOc1ccc(C)c(S(=O)(=O)[O-])c1. The topological polar surface area (TPSA) is 66.4 Å². The molecule has 0 aliphatic carbocycles. The molecule has 5 heteroatoms. The number of aryl methyl sites for hydroxylation is 1. The molecule has 0 spiro atoms. The Balaban J connectivity index is 2.61. The molecule has 1 aromatic rings. The summed E-state index contributed by atoms with van der Waals surface area (Å²) in [6.45, 7) is 6.47. The summed E-state index contributed by atoms with van der Waals surface area (Å²) in [5.41, 5.74) is 0.446. The van der Waals surface area contributed by atoms with Crippen molar-refractivity contribution < 1.29 is 17.7 Å². The van der Waals surface area contributed by atoms with Gasteiger partial charge in [-0.3, -0.25) is 0 Å². The molecule has 1 atom stereocenters. The van der Waals surface area contributed by atoms with Crippen LogP contribution in [0, 0.1) is 12.8 Å². The van der Waals surface area contributed by atoms with Crippen LogP contribution in [0.2, 0.25) is 0 Å². The van der Waals surface area contributed by atoms with Gasteiger partial charge in [-0.25, -0.2) is 8.42 Å². The van der Waals surface area contributed by atoms with Gasteiger partial charge in [0.25, 0.3) is 0 Å². The highest BCUT2D eigenvalue weighted by Gasteiger charge is 2.07. The van der Waals surface area contributed by atoms with Gasteiger partial charge in [-0.2, -0.15) is 0 Å². The number of benzene rings is 1. The maximum absolute atomic E-state index is 11.1. The second kappa shape index (κ2) is 6.91. The van der Waals surface area contributed by atoms with E-state index < -0.39 is 10.1 Å². The first kappa shape index (κ1) is 16.0. The highest BCUT2D eigenvalue weighted by atomic mass is 32.2. The van der Waals surface area contributed by atoms with Gasteiger partial charge in [0.05, 0.1) is 11.5 Å². The lowest BCUT2D eigenvalue weighted by Gasteiger charge is -2.13. The quantitative estimate of drug-likeness (QED) is 0.570. The minimum atomic E-state index is -4.43. The van der Waals surface area contributed by atoms with Gasteiger partial charge in [-0.1, -0.05) is 26.3 Å². The standard InChI is InChI=1S/C14H22O4S/c1-4-11(2)6-5-9-18-13-8-7-12(3)14(10-13)19(15,16)17/h7-8,10-11H,4-6,9H2,1-3H3,(H,15,16,17)/p-1/t11-/m0/s1. The fraction of sp³-hybridized carbons (Fsp3) is 0.571. The van der Waals surface area contributed by atoms with E-state index in [0.29, 0.717) is 23.8 Å². The lowest BCUT2D eigenvalue weighted by molar-refractivity contribution is 0.293. The van der Waals surface area contributed by atoms with Gasteiger partial charge in [0.1, 0.15) is 15.9 Å². The van der Waals surface area contributed by atoms with Gasteiger partial charge in [0, 0.05) is 0 Å². The molecule has 0 fully saturated rings. The van der Waals surface area contributed by atoms with Crippen LogP contribution in [-0.2, 0) is 10.1 Å². The molecule has 0 saturated heterocycles. The van der Waals surface area contributed by atoms with E-state index in [2.05, 4.69) is 13.8 Å². The summed E-state index contributed by atoms with van der Waals surface area (Å²) >= 11 is 0. The van der Waals surface area contributed by atoms with Crippen LogP contribution >= 0.6 is 0 Å². The molecule has 0 amide bonds. The Kier molecular flexibility index (Phi) is 5.82. The maximum Gasteiger partial charge on any atom is 0.124 e. The number of hydrogen-bond donors (Lipinski definition) is 0. The number of hydrogen-bond acceptors (Lipinski definition) is 4. The molecule has 0 N–H and O–H groups in total. The van der Waals surface area contributed by atoms with Crippen molar-refractivity contribution in [2.45, 2.75) is 44.9 Å². The summed E-state index contributed by atoms with van der Waals surface area (Å²) in [5, 5.41) is 0. The smallest absolute Gasteiger partial charge is 0.124 e. The van der Waals surface area contributed by atoms with Crippen molar-refractivity contribution in [2.75, 3.05) is 6.61 Å². The van der Waals surface area contributed by atoms with Crippen LogP contribution in [0.25, 0.3) is 0 Å². The highest BCUT2D eigenvalue weighted by molar-refractivity contribution is 7.85. The Morgan fingerprint density at radius 2 is 2.05 bits per heavy atom. The molecule has 1 aromatic carbocycles. The van der Waals surface area contributed by atoms with E-state index in [0.717, 1.165) is 19.3 Å². The zero-order valence-electron chi connectivity index (χ0n) is 11.7. The second-order valence-corrected chi connectivity index (χ2v) is 6.23. The third kappa shape index (κ3) is 5.20. The summed E-state index contributed by atoms with van der Waals surface area (Å²) in [6, 6.07) is 4.59. The maximum atomic E-state index is 11.1. The molecule has 19 heavy (non-hydrogen) atoms. The second-order valence-electron chi connectivity index (χ2n) is 4.89. The lowest BCUT2D eigenvalue weighted by Crippen LogP contribution is -2.04. The molecular formula is C14H21O4S-. The van der Waals surface area contributed by atoms with E-state index in [1.54, 1.807) is 19.1 Å². The third-order valence-corrected chi connectivity index (χ3v) is 4.21. The van der Waals surface area contributed by atoms with Crippen molar-refractivity contribution in [3.8, 4) is 5.75 Å². The van der Waals surface area contributed by atoms with Crippen molar-refractivity contribution in [1.29, 1.82) is 0 Å². The first-order valence-electron chi connectivity index (χ1n) is 6.54. The molecule has 108 valence electrons. The Bertz CT molecular complexity index is 508. The lowest BCUT2D eigenvalue weighted by atomic mass is 10.0. The molecule has 0 bridgehead atoms. The Morgan fingerprint density at radius 3 is 2.63 bits per heavy atom. The Morgan fingerprint density at radius 1 is 1.37 bits per heavy atom. The average Bonchev–Trinajstić information content (AvgIpc) is 2.34. The number of rotatable bonds is 7. The van der Waals surface area contributed by atoms with Crippen LogP contribution in [0.3, 0.4) is 0 Å². The first-order chi connectivity index (χ1) is 8.84. The summed E-state index contributed by atoms with van der Waals surface area (Å²) < 4.78 is 38.6. The van der Waals surface area contributed by atoms with E-state index >= 15 is 0 Å². The molecule has 0 aliphatic heterocycles. The van der Waals surface area contributed by atoms with Gasteiger partial charge < -0.3 is 9.29 Å². The zero-order chi connectivity index (χ0) is 14.5. The summed E-state index contributed by atoms with van der Waals surface area (Å²) in [4.78, 5) is -0.202. The van der Waals surface area contributed by atoms with E-state index in [9.17, 15) is 13.0 Å². The van der Waals surface area contributed by atoms with E-state index in [-0.39, 0.29) is 4.90 Å². The predicted octanol–water partition coefficient (Wildman–Crippen LogP) is 3.10. The molecule has 4 nitrogen and oxygen atoms in total. The molecule has 0 radical (unpaired) electrons. The molecule has 0 aromatic heterocycles. The van der Waals surface area contributed by atoms with Gasteiger partial charge in [0.2, 0.25) is 0 Å². The zero-order valence-corrected chi connectivity index (χ0v) is 12.5. The van der Waals surface area contributed by atoms with Gasteiger partial charge in [0.15, 0.2) is 0 Å². The first-order valence-corrected chi connectivity index (χ1v) is 7.94. The van der Waals surface area contributed by atoms with E-state index in [4.69, 9.17) is 4.74 Å².